The summed E-state index contributed by atoms with van der Waals surface area (Å²) in [5.41, 5.74) is 1.61. The van der Waals surface area contributed by atoms with Gasteiger partial charge in [0, 0.05) is 6.61 Å². The molecule has 1 atom stereocenters. The lowest BCUT2D eigenvalue weighted by Gasteiger charge is -2.10. The Morgan fingerprint density at radius 1 is 1.50 bits per heavy atom. The summed E-state index contributed by atoms with van der Waals surface area (Å²) in [6.07, 6.45) is 2.24. The van der Waals surface area contributed by atoms with Crippen molar-refractivity contribution in [2.24, 2.45) is 0 Å². The third kappa shape index (κ3) is 3.93. The molecule has 24 heavy (non-hydrogen) atoms. The third-order valence-electron chi connectivity index (χ3n) is 3.89. The first-order chi connectivity index (χ1) is 11.7. The summed E-state index contributed by atoms with van der Waals surface area (Å²) in [5.74, 6) is 0.837. The minimum Gasteiger partial charge on any atom is -0.496 e. The Bertz CT molecular complexity index is 713. The molecule has 1 fully saturated rings. The van der Waals surface area contributed by atoms with E-state index in [1.165, 1.54) is 11.8 Å². The molecule has 7 nitrogen and oxygen atoms in total. The molecule has 8 heteroatoms. The van der Waals surface area contributed by atoms with E-state index in [1.54, 1.807) is 11.8 Å². The van der Waals surface area contributed by atoms with Gasteiger partial charge in [-0.25, -0.2) is 4.68 Å². The van der Waals surface area contributed by atoms with Crippen molar-refractivity contribution in [1.29, 1.82) is 0 Å². The second-order valence-corrected chi connectivity index (χ2v) is 6.64. The van der Waals surface area contributed by atoms with Crippen LogP contribution in [0.5, 0.6) is 5.75 Å². The van der Waals surface area contributed by atoms with E-state index < -0.39 is 0 Å². The summed E-state index contributed by atoms with van der Waals surface area (Å²) in [5, 5.41) is 12.4. The first-order valence-corrected chi connectivity index (χ1v) is 8.84. The highest BCUT2D eigenvalue weighted by molar-refractivity contribution is 7.99. The van der Waals surface area contributed by atoms with Crippen molar-refractivity contribution in [3.05, 3.63) is 29.3 Å². The summed E-state index contributed by atoms with van der Waals surface area (Å²) < 4.78 is 12.6. The fourth-order valence-corrected chi connectivity index (χ4v) is 3.41. The molecule has 0 amide bonds. The number of tetrazole rings is 1. The number of nitrogens with zero attached hydrogens (tertiary/aromatic N) is 4. The number of methoxy groups -OCH3 is 1. The molecule has 1 aromatic carbocycles. The molecule has 1 aromatic heterocycles. The number of hydrogen-bond acceptors (Lipinski definition) is 7. The Balaban J connectivity index is 1.64. The van der Waals surface area contributed by atoms with Gasteiger partial charge in [-0.15, -0.1) is 5.10 Å². The molecular formula is C16H20N4O3S. The van der Waals surface area contributed by atoms with Crippen LogP contribution >= 0.6 is 11.8 Å². The number of thioether (sulfide) groups is 1. The summed E-state index contributed by atoms with van der Waals surface area (Å²) in [7, 11) is 1.57. The van der Waals surface area contributed by atoms with Gasteiger partial charge in [0.1, 0.15) is 5.75 Å². The molecule has 0 saturated carbocycles. The van der Waals surface area contributed by atoms with E-state index in [2.05, 4.69) is 15.5 Å². The van der Waals surface area contributed by atoms with E-state index in [0.29, 0.717) is 23.0 Å². The number of hydrogen-bond donors (Lipinski definition) is 0. The SMILES string of the molecule is COc1ccc(C)cc1C(=O)CSc1nnnn1CC1CCCO1. The van der Waals surface area contributed by atoms with Crippen LogP contribution in [0, 0.1) is 6.92 Å². The maximum Gasteiger partial charge on any atom is 0.209 e. The zero-order valence-electron chi connectivity index (χ0n) is 13.8. The van der Waals surface area contributed by atoms with Crippen molar-refractivity contribution in [3.63, 3.8) is 0 Å². The Morgan fingerprint density at radius 2 is 2.38 bits per heavy atom. The van der Waals surface area contributed by atoms with Crippen molar-refractivity contribution in [3.8, 4) is 5.75 Å². The van der Waals surface area contributed by atoms with E-state index in [9.17, 15) is 4.79 Å². The van der Waals surface area contributed by atoms with Crippen LogP contribution in [0.2, 0.25) is 0 Å². The predicted molar refractivity (Wildman–Crippen MR) is 89.6 cm³/mol. The van der Waals surface area contributed by atoms with Gasteiger partial charge in [0.05, 0.1) is 31.1 Å². The van der Waals surface area contributed by atoms with Gasteiger partial charge in [-0.1, -0.05) is 23.4 Å². The van der Waals surface area contributed by atoms with Crippen molar-refractivity contribution in [2.45, 2.75) is 37.6 Å². The quantitative estimate of drug-likeness (QED) is 0.560. The van der Waals surface area contributed by atoms with Crippen molar-refractivity contribution in [1.82, 2.24) is 20.2 Å². The van der Waals surface area contributed by atoms with E-state index in [-0.39, 0.29) is 17.6 Å². The fraction of sp³-hybridized carbons (Fsp3) is 0.500. The molecule has 1 unspecified atom stereocenters. The third-order valence-corrected chi connectivity index (χ3v) is 4.84. The van der Waals surface area contributed by atoms with Crippen LogP contribution in [0.25, 0.3) is 0 Å². The van der Waals surface area contributed by atoms with Crippen LogP contribution in [-0.2, 0) is 11.3 Å². The monoisotopic (exact) mass is 348 g/mol. The van der Waals surface area contributed by atoms with Crippen molar-refractivity contribution in [2.75, 3.05) is 19.5 Å². The zero-order chi connectivity index (χ0) is 16.9. The largest absolute Gasteiger partial charge is 0.496 e. The predicted octanol–water partition coefficient (Wildman–Crippen LogP) is 2.14. The Morgan fingerprint density at radius 3 is 3.12 bits per heavy atom. The summed E-state index contributed by atoms with van der Waals surface area (Å²) >= 11 is 1.33. The maximum atomic E-state index is 12.5. The number of ether oxygens (including phenoxy) is 2. The van der Waals surface area contributed by atoms with Crippen LogP contribution in [0.4, 0.5) is 0 Å². The number of aromatic nitrogens is 4. The number of carbonyl (C=O) groups excluding carboxylic acids is 1. The fourth-order valence-electron chi connectivity index (χ4n) is 2.64. The van der Waals surface area contributed by atoms with Gasteiger partial charge >= 0.3 is 0 Å². The van der Waals surface area contributed by atoms with Gasteiger partial charge in [-0.3, -0.25) is 4.79 Å². The van der Waals surface area contributed by atoms with E-state index >= 15 is 0 Å². The summed E-state index contributed by atoms with van der Waals surface area (Å²) in [6, 6.07) is 5.58. The van der Waals surface area contributed by atoms with Gasteiger partial charge in [0.15, 0.2) is 5.78 Å². The Hall–Kier alpha value is -1.93. The maximum absolute atomic E-state index is 12.5. The summed E-state index contributed by atoms with van der Waals surface area (Å²) in [4.78, 5) is 12.5. The van der Waals surface area contributed by atoms with Crippen molar-refractivity contribution < 1.29 is 14.3 Å². The number of benzene rings is 1. The second-order valence-electron chi connectivity index (χ2n) is 5.69. The average Bonchev–Trinajstić information content (AvgIpc) is 3.25. The van der Waals surface area contributed by atoms with Gasteiger partial charge in [0.25, 0.3) is 0 Å². The minimum atomic E-state index is -0.00721. The lowest BCUT2D eigenvalue weighted by Crippen LogP contribution is -2.17. The molecule has 3 rings (SSSR count). The van der Waals surface area contributed by atoms with Gasteiger partial charge in [0.2, 0.25) is 5.16 Å². The van der Waals surface area contributed by atoms with E-state index in [0.717, 1.165) is 25.0 Å². The highest BCUT2D eigenvalue weighted by Crippen LogP contribution is 2.24. The molecule has 0 bridgehead atoms. The smallest absolute Gasteiger partial charge is 0.209 e. The molecule has 0 spiro atoms. The molecule has 2 heterocycles. The standard InChI is InChI=1S/C16H20N4O3S/c1-11-5-6-15(22-2)13(8-11)14(21)10-24-16-17-18-19-20(16)9-12-4-3-7-23-12/h5-6,8,12H,3-4,7,9-10H2,1-2H3. The molecule has 1 aliphatic rings. The normalized spacial score (nSPS) is 17.2. The topological polar surface area (TPSA) is 79.1 Å². The van der Waals surface area contributed by atoms with E-state index in [1.807, 2.05) is 25.1 Å². The van der Waals surface area contributed by atoms with Crippen molar-refractivity contribution >= 4 is 17.5 Å². The van der Waals surface area contributed by atoms with Gasteiger partial charge < -0.3 is 9.47 Å². The van der Waals surface area contributed by atoms with Crippen LogP contribution < -0.4 is 4.74 Å². The van der Waals surface area contributed by atoms with Crippen LogP contribution in [0.3, 0.4) is 0 Å². The Labute approximate surface area is 144 Å². The highest BCUT2D eigenvalue weighted by atomic mass is 32.2. The minimum absolute atomic E-state index is 0.00721. The highest BCUT2D eigenvalue weighted by Gasteiger charge is 2.20. The van der Waals surface area contributed by atoms with Crippen LogP contribution in [0.15, 0.2) is 23.4 Å². The Kier molecular flexibility index (Phi) is 5.47. The molecule has 1 saturated heterocycles. The number of ketones is 1. The zero-order valence-corrected chi connectivity index (χ0v) is 14.6. The molecule has 0 N–H and O–H groups in total. The molecule has 1 aliphatic heterocycles. The molecule has 128 valence electrons. The average molecular weight is 348 g/mol. The van der Waals surface area contributed by atoms with Crippen LogP contribution in [-0.4, -0.2) is 51.6 Å². The molecule has 2 aromatic rings. The van der Waals surface area contributed by atoms with Gasteiger partial charge in [-0.05, 0) is 42.3 Å². The number of rotatable bonds is 7. The lowest BCUT2D eigenvalue weighted by molar-refractivity contribution is 0.0912. The lowest BCUT2D eigenvalue weighted by atomic mass is 10.1. The first kappa shape index (κ1) is 16.9. The second kappa shape index (κ2) is 7.76. The number of aryl methyl sites for hydroxylation is 1. The number of Topliss-reactive ketones (excluding diaryl/α,β-unsaturated/α-hetero) is 1. The molecular weight excluding hydrogens is 328 g/mol. The first-order valence-electron chi connectivity index (χ1n) is 7.86. The van der Waals surface area contributed by atoms with Crippen LogP contribution in [0.1, 0.15) is 28.8 Å². The summed E-state index contributed by atoms with van der Waals surface area (Å²) in [6.45, 7) is 3.36. The molecule has 0 aliphatic carbocycles. The van der Waals surface area contributed by atoms with E-state index in [4.69, 9.17) is 9.47 Å². The van der Waals surface area contributed by atoms with Gasteiger partial charge in [-0.2, -0.15) is 0 Å². The number of carbonyl (C=O) groups is 1. The molecule has 0 radical (unpaired) electrons.